The fourth-order valence-corrected chi connectivity index (χ4v) is 2.42. The number of rotatable bonds is 4. The summed E-state index contributed by atoms with van der Waals surface area (Å²) in [7, 11) is 0. The number of pyridine rings is 1. The van der Waals surface area contributed by atoms with Gasteiger partial charge < -0.3 is 10.1 Å². The largest absolute Gasteiger partial charge is 0.457 e. The zero-order valence-electron chi connectivity index (χ0n) is 14.0. The van der Waals surface area contributed by atoms with Crippen molar-refractivity contribution in [1.29, 1.82) is 0 Å². The van der Waals surface area contributed by atoms with E-state index in [9.17, 15) is 18.0 Å². The van der Waals surface area contributed by atoms with Gasteiger partial charge in [0.2, 0.25) is 5.95 Å². The predicted molar refractivity (Wildman–Crippen MR) is 92.5 cm³/mol. The van der Waals surface area contributed by atoms with Crippen molar-refractivity contribution < 1.29 is 22.7 Å². The Bertz CT molecular complexity index is 1050. The first-order valence-electron chi connectivity index (χ1n) is 7.98. The van der Waals surface area contributed by atoms with Gasteiger partial charge in [0.1, 0.15) is 17.2 Å². The number of halogens is 3. The van der Waals surface area contributed by atoms with Crippen LogP contribution in [0.3, 0.4) is 0 Å². The van der Waals surface area contributed by atoms with E-state index in [-0.39, 0.29) is 5.95 Å². The van der Waals surface area contributed by atoms with Crippen LogP contribution in [0.1, 0.15) is 11.2 Å². The average molecular weight is 388 g/mol. The molecule has 0 unspecified atom stereocenters. The molecule has 0 aliphatic carbocycles. The minimum atomic E-state index is -4.69. The molecule has 4 rings (SSSR count). The molecule has 8 nitrogen and oxygen atoms in total. The van der Waals surface area contributed by atoms with E-state index in [1.165, 1.54) is 0 Å². The first-order valence-corrected chi connectivity index (χ1v) is 7.98. The van der Waals surface area contributed by atoms with Crippen LogP contribution in [0.25, 0.3) is 0 Å². The maximum absolute atomic E-state index is 12.8. The van der Waals surface area contributed by atoms with Gasteiger partial charge in [-0.15, -0.1) is 5.10 Å². The molecule has 3 heterocycles. The number of hydrogen-bond acceptors (Lipinski definition) is 7. The molecular weight excluding hydrogens is 377 g/mol. The Morgan fingerprint density at radius 2 is 1.71 bits per heavy atom. The van der Waals surface area contributed by atoms with Crippen LogP contribution in [0.5, 0.6) is 11.5 Å². The Morgan fingerprint density at radius 1 is 1.04 bits per heavy atom. The van der Waals surface area contributed by atoms with E-state index in [2.05, 4.69) is 25.4 Å². The van der Waals surface area contributed by atoms with Crippen LogP contribution in [0.4, 0.5) is 30.8 Å². The molecule has 0 atom stereocenters. The summed E-state index contributed by atoms with van der Waals surface area (Å²) < 4.78 is 44.7. The standard InChI is InChI=1S/C17H11F3N6O2/c18-17(19,20)13-9-14(27)26-16(23-13)24-15(25-26)22-10-1-3-11(4-2-10)28-12-5-7-21-8-6-12/h1-8H,9H2,(H,22,25). The minimum absolute atomic E-state index is 0.0432. The van der Waals surface area contributed by atoms with Gasteiger partial charge >= 0.3 is 6.18 Å². The first-order chi connectivity index (χ1) is 13.4. The highest BCUT2D eigenvalue weighted by atomic mass is 19.4. The number of hydrogen-bond donors (Lipinski definition) is 1. The van der Waals surface area contributed by atoms with E-state index in [0.717, 1.165) is 4.68 Å². The highest BCUT2D eigenvalue weighted by Gasteiger charge is 2.40. The molecule has 0 amide bonds. The van der Waals surface area contributed by atoms with Crippen LogP contribution < -0.4 is 10.1 Å². The second-order valence-corrected chi connectivity index (χ2v) is 5.71. The number of nitrogens with zero attached hydrogens (tertiary/aromatic N) is 5. The topological polar surface area (TPSA) is 94.3 Å². The Balaban J connectivity index is 1.50. The van der Waals surface area contributed by atoms with Crippen LogP contribution >= 0.6 is 0 Å². The molecule has 0 spiro atoms. The van der Waals surface area contributed by atoms with Gasteiger partial charge in [0.05, 0.1) is 6.42 Å². The van der Waals surface area contributed by atoms with Gasteiger partial charge in [-0.2, -0.15) is 22.8 Å². The maximum atomic E-state index is 12.8. The fourth-order valence-electron chi connectivity index (χ4n) is 2.42. The number of aromatic nitrogens is 4. The molecule has 1 aromatic carbocycles. The van der Waals surface area contributed by atoms with Crippen LogP contribution in [0.2, 0.25) is 0 Å². The summed E-state index contributed by atoms with van der Waals surface area (Å²) in [6, 6.07) is 10.1. The van der Waals surface area contributed by atoms with E-state index in [1.54, 1.807) is 48.8 Å². The van der Waals surface area contributed by atoms with Crippen LogP contribution in [0.15, 0.2) is 53.8 Å². The Hall–Kier alpha value is -3.76. The molecule has 0 radical (unpaired) electrons. The quantitative estimate of drug-likeness (QED) is 0.729. The summed E-state index contributed by atoms with van der Waals surface area (Å²) in [5, 5.41) is 6.68. The lowest BCUT2D eigenvalue weighted by atomic mass is 10.2. The molecular formula is C17H11F3N6O2. The number of fused-ring (bicyclic) bond motifs is 1. The highest BCUT2D eigenvalue weighted by molar-refractivity contribution is 6.08. The van der Waals surface area contributed by atoms with Gasteiger partial charge in [0.25, 0.3) is 11.9 Å². The molecule has 142 valence electrons. The Morgan fingerprint density at radius 3 is 2.39 bits per heavy atom. The number of anilines is 2. The smallest absolute Gasteiger partial charge is 0.430 e. The predicted octanol–water partition coefficient (Wildman–Crippen LogP) is 3.89. The highest BCUT2D eigenvalue weighted by Crippen LogP contribution is 2.28. The van der Waals surface area contributed by atoms with Crippen molar-refractivity contribution in [2.24, 2.45) is 4.99 Å². The third-order valence-corrected chi connectivity index (χ3v) is 3.70. The zero-order chi connectivity index (χ0) is 19.7. The molecule has 11 heteroatoms. The van der Waals surface area contributed by atoms with Crippen molar-refractivity contribution in [3.8, 4) is 11.5 Å². The van der Waals surface area contributed by atoms with Gasteiger partial charge in [0.15, 0.2) is 0 Å². The molecule has 28 heavy (non-hydrogen) atoms. The van der Waals surface area contributed by atoms with Gasteiger partial charge in [-0.3, -0.25) is 9.78 Å². The summed E-state index contributed by atoms with van der Waals surface area (Å²) in [6.45, 7) is 0. The first kappa shape index (κ1) is 17.6. The average Bonchev–Trinajstić information content (AvgIpc) is 3.07. The monoisotopic (exact) mass is 388 g/mol. The lowest BCUT2D eigenvalue weighted by Crippen LogP contribution is -2.31. The van der Waals surface area contributed by atoms with Crippen molar-refractivity contribution in [3.63, 3.8) is 0 Å². The third kappa shape index (κ3) is 3.68. The fraction of sp³-hybridized carbons (Fsp3) is 0.118. The number of nitrogens with one attached hydrogen (secondary N) is 1. The summed E-state index contributed by atoms with van der Waals surface area (Å²) >= 11 is 0. The number of alkyl halides is 3. The number of carbonyl (C=O) groups is 1. The summed E-state index contributed by atoms with van der Waals surface area (Å²) in [5.41, 5.74) is -0.640. The Kier molecular flexibility index (Phi) is 4.26. The second kappa shape index (κ2) is 6.76. The van der Waals surface area contributed by atoms with Crippen LogP contribution in [0, 0.1) is 0 Å². The van der Waals surface area contributed by atoms with Gasteiger partial charge in [0, 0.05) is 18.1 Å². The molecule has 2 aromatic heterocycles. The molecule has 0 saturated carbocycles. The number of carbonyl (C=O) groups excluding carboxylic acids is 1. The zero-order valence-corrected chi connectivity index (χ0v) is 14.0. The van der Waals surface area contributed by atoms with Crippen LogP contribution in [-0.2, 0) is 0 Å². The molecule has 0 saturated heterocycles. The Labute approximate surface area is 155 Å². The van der Waals surface area contributed by atoms with E-state index in [1.807, 2.05) is 0 Å². The molecule has 0 bridgehead atoms. The SMILES string of the molecule is O=C1CC(C(F)(F)F)=Nc2nc(Nc3ccc(Oc4ccncc4)cc3)nn21. The molecule has 1 aliphatic rings. The van der Waals surface area contributed by atoms with Crippen molar-refractivity contribution >= 4 is 29.2 Å². The maximum Gasteiger partial charge on any atom is 0.430 e. The van der Waals surface area contributed by atoms with Gasteiger partial charge in [-0.1, -0.05) is 0 Å². The van der Waals surface area contributed by atoms with E-state index >= 15 is 0 Å². The molecule has 0 fully saturated rings. The lowest BCUT2D eigenvalue weighted by Gasteiger charge is -2.13. The normalized spacial score (nSPS) is 13.7. The second-order valence-electron chi connectivity index (χ2n) is 5.71. The molecule has 1 N–H and O–H groups in total. The minimum Gasteiger partial charge on any atom is -0.457 e. The van der Waals surface area contributed by atoms with Crippen molar-refractivity contribution in [2.45, 2.75) is 12.6 Å². The third-order valence-electron chi connectivity index (χ3n) is 3.70. The summed E-state index contributed by atoms with van der Waals surface area (Å²) in [4.78, 5) is 23.0. The molecule has 1 aliphatic heterocycles. The summed E-state index contributed by atoms with van der Waals surface area (Å²) in [5.74, 6) is -0.111. The van der Waals surface area contributed by atoms with Gasteiger partial charge in [-0.05, 0) is 36.4 Å². The molecule has 3 aromatic rings. The van der Waals surface area contributed by atoms with Crippen molar-refractivity contribution in [2.75, 3.05) is 5.32 Å². The van der Waals surface area contributed by atoms with E-state index in [0.29, 0.717) is 17.2 Å². The number of ether oxygens (including phenoxy) is 1. The van der Waals surface area contributed by atoms with Crippen LogP contribution in [-0.4, -0.2) is 37.5 Å². The van der Waals surface area contributed by atoms with E-state index < -0.39 is 30.2 Å². The lowest BCUT2D eigenvalue weighted by molar-refractivity contribution is -0.0605. The number of aliphatic imine (C=N–C) groups is 1. The summed E-state index contributed by atoms with van der Waals surface area (Å²) in [6.07, 6.45) is -2.36. The van der Waals surface area contributed by atoms with Gasteiger partial charge in [-0.25, -0.2) is 4.99 Å². The number of benzene rings is 1. The van der Waals surface area contributed by atoms with E-state index in [4.69, 9.17) is 4.74 Å². The van der Waals surface area contributed by atoms with Crippen molar-refractivity contribution in [1.82, 2.24) is 19.7 Å². The van der Waals surface area contributed by atoms with Crippen molar-refractivity contribution in [3.05, 3.63) is 48.8 Å².